The van der Waals surface area contributed by atoms with Crippen molar-refractivity contribution in [2.45, 2.75) is 33.2 Å². The van der Waals surface area contributed by atoms with E-state index in [1.807, 2.05) is 30.9 Å². The normalized spacial score (nSPS) is 15.4. The molecular formula is C31H32BrN9O5S. The second-order valence-corrected chi connectivity index (χ2v) is 13.5. The Bertz CT molecular complexity index is 2180. The summed E-state index contributed by atoms with van der Waals surface area (Å²) >= 11 is 4.98. The number of anilines is 2. The van der Waals surface area contributed by atoms with Crippen LogP contribution in [0.25, 0.3) is 16.9 Å². The fourth-order valence-corrected chi connectivity index (χ4v) is 7.81. The molecule has 47 heavy (non-hydrogen) atoms. The summed E-state index contributed by atoms with van der Waals surface area (Å²) in [5, 5.41) is 11.3. The molecule has 0 atom stereocenters. The summed E-state index contributed by atoms with van der Waals surface area (Å²) in [7, 11) is 0. The zero-order chi connectivity index (χ0) is 32.8. The van der Waals surface area contributed by atoms with Crippen LogP contribution >= 0.6 is 27.3 Å². The maximum Gasteiger partial charge on any atom is 0.299 e. The number of piperazine rings is 1. The minimum Gasteiger partial charge on any atom is -0.377 e. The Labute approximate surface area is 280 Å². The number of nitrogens with zero attached hydrogens (tertiary/aromatic N) is 7. The van der Waals surface area contributed by atoms with E-state index < -0.39 is 0 Å². The maximum absolute atomic E-state index is 14.2. The fourth-order valence-electron chi connectivity index (χ4n) is 6.15. The molecule has 244 valence electrons. The van der Waals surface area contributed by atoms with Gasteiger partial charge in [-0.3, -0.25) is 23.7 Å². The van der Waals surface area contributed by atoms with Crippen LogP contribution in [-0.2, 0) is 22.5 Å². The van der Waals surface area contributed by atoms with Crippen molar-refractivity contribution in [2.24, 2.45) is 0 Å². The van der Waals surface area contributed by atoms with Crippen molar-refractivity contribution in [2.75, 3.05) is 49.6 Å². The second-order valence-electron chi connectivity index (χ2n) is 11.4. The van der Waals surface area contributed by atoms with E-state index in [4.69, 9.17) is 9.72 Å². The summed E-state index contributed by atoms with van der Waals surface area (Å²) in [5.74, 6) is 0.0732. The van der Waals surface area contributed by atoms with E-state index >= 15 is 0 Å². The Morgan fingerprint density at radius 1 is 1.19 bits per heavy atom. The minimum absolute atomic E-state index is 0.0684. The quantitative estimate of drug-likeness (QED) is 0.261. The number of H-pyrrole nitrogens is 1. The largest absolute Gasteiger partial charge is 0.377 e. The Morgan fingerprint density at radius 3 is 2.70 bits per heavy atom. The number of aromatic nitrogens is 6. The molecule has 1 saturated heterocycles. The molecule has 5 aromatic rings. The molecule has 2 aliphatic rings. The van der Waals surface area contributed by atoms with Crippen LogP contribution in [0.2, 0.25) is 0 Å². The van der Waals surface area contributed by atoms with Gasteiger partial charge in [-0.25, -0.2) is 0 Å². The predicted octanol–water partition coefficient (Wildman–Crippen LogP) is 2.93. The number of ether oxygens (including phenoxy) is 1. The number of rotatable bonds is 7. The molecule has 2 aliphatic heterocycles. The number of halogens is 1. The third-order valence-electron chi connectivity index (χ3n) is 8.46. The first-order chi connectivity index (χ1) is 22.7. The van der Waals surface area contributed by atoms with Gasteiger partial charge in [0.15, 0.2) is 5.82 Å². The molecule has 2 N–H and O–H groups in total. The van der Waals surface area contributed by atoms with Crippen LogP contribution in [0.4, 0.5) is 10.7 Å². The van der Waals surface area contributed by atoms with Crippen molar-refractivity contribution >= 4 is 66.6 Å². The van der Waals surface area contributed by atoms with Gasteiger partial charge in [0.1, 0.15) is 28.3 Å². The number of fused-ring (bicyclic) bond motifs is 2. The summed E-state index contributed by atoms with van der Waals surface area (Å²) in [6, 6.07) is 5.34. The van der Waals surface area contributed by atoms with Crippen LogP contribution in [0.5, 0.6) is 0 Å². The summed E-state index contributed by atoms with van der Waals surface area (Å²) in [4.78, 5) is 63.5. The molecule has 14 nitrogen and oxygen atoms in total. The molecule has 0 spiro atoms. The van der Waals surface area contributed by atoms with Gasteiger partial charge in [-0.2, -0.15) is 9.50 Å². The summed E-state index contributed by atoms with van der Waals surface area (Å²) in [5.41, 5.74) is 1.73. The highest BCUT2D eigenvalue weighted by atomic mass is 79.9. The molecule has 0 aromatic carbocycles. The van der Waals surface area contributed by atoms with Gasteiger partial charge in [-0.05, 0) is 59.5 Å². The lowest BCUT2D eigenvalue weighted by atomic mass is 10.1. The number of hydrogen-bond donors (Lipinski definition) is 2. The molecule has 7 heterocycles. The van der Waals surface area contributed by atoms with Crippen LogP contribution < -0.4 is 21.2 Å². The van der Waals surface area contributed by atoms with Crippen LogP contribution in [0, 0.1) is 6.92 Å². The number of aromatic amines is 1. The van der Waals surface area contributed by atoms with E-state index in [1.54, 1.807) is 32.3 Å². The molecule has 16 heteroatoms. The molecule has 2 amide bonds. The van der Waals surface area contributed by atoms with Crippen LogP contribution in [-0.4, -0.2) is 84.9 Å². The first-order valence-corrected chi connectivity index (χ1v) is 16.9. The molecule has 1 fully saturated rings. The average Bonchev–Trinajstić information content (AvgIpc) is 3.82. The maximum atomic E-state index is 14.2. The summed E-state index contributed by atoms with van der Waals surface area (Å²) in [6.45, 7) is 6.07. The van der Waals surface area contributed by atoms with Crippen molar-refractivity contribution < 1.29 is 14.3 Å². The van der Waals surface area contributed by atoms with Gasteiger partial charge in [0.25, 0.3) is 11.5 Å². The third kappa shape index (κ3) is 5.70. The van der Waals surface area contributed by atoms with Crippen molar-refractivity contribution in [1.29, 1.82) is 0 Å². The topological polar surface area (TPSA) is 151 Å². The minimum atomic E-state index is -0.365. The molecule has 0 unspecified atom stereocenters. The molecule has 0 radical (unpaired) electrons. The standard InChI is InChI=1S/C31H32BrN9O5S/c1-3-22-25(37-9-11-38(12-10-37)29(44)20-16-33-40-8-4-5-23(40)26(20)43)30(45)41-31(35-27(36-41)19-6-13-46-14-7-19)39(22)17-24(42)34-28-21(32)15-18(2)47-28/h4-6,8,15-16,33H,3,7,9-14,17H2,1-2H3,(H,34,42). The predicted molar refractivity (Wildman–Crippen MR) is 182 cm³/mol. The van der Waals surface area contributed by atoms with Gasteiger partial charge in [-0.15, -0.1) is 16.4 Å². The van der Waals surface area contributed by atoms with E-state index in [1.165, 1.54) is 22.0 Å². The van der Waals surface area contributed by atoms with Crippen molar-refractivity contribution in [3.63, 3.8) is 0 Å². The zero-order valence-electron chi connectivity index (χ0n) is 25.8. The van der Waals surface area contributed by atoms with Gasteiger partial charge in [0.05, 0.1) is 23.4 Å². The van der Waals surface area contributed by atoms with Gasteiger partial charge in [0.2, 0.25) is 17.1 Å². The molecule has 0 aliphatic carbocycles. The molecule has 7 rings (SSSR count). The molecule has 5 aromatic heterocycles. The Morgan fingerprint density at radius 2 is 2.00 bits per heavy atom. The third-order valence-corrected chi connectivity index (χ3v) is 10.3. The monoisotopic (exact) mass is 721 g/mol. The number of amides is 2. The van der Waals surface area contributed by atoms with Crippen molar-refractivity contribution in [1.82, 2.24) is 33.7 Å². The smallest absolute Gasteiger partial charge is 0.299 e. The lowest BCUT2D eigenvalue weighted by molar-refractivity contribution is -0.116. The van der Waals surface area contributed by atoms with Gasteiger partial charge < -0.3 is 29.5 Å². The van der Waals surface area contributed by atoms with Gasteiger partial charge in [0, 0.05) is 43.4 Å². The van der Waals surface area contributed by atoms with E-state index in [0.29, 0.717) is 80.0 Å². The number of carbonyl (C=O) groups is 2. The number of aryl methyl sites for hydroxylation is 1. The number of hydrogen-bond acceptors (Lipinski definition) is 9. The van der Waals surface area contributed by atoms with Crippen molar-refractivity contribution in [3.05, 3.63) is 83.7 Å². The lowest BCUT2D eigenvalue weighted by Crippen LogP contribution is -2.51. The Kier molecular flexibility index (Phi) is 8.32. The number of carbonyl (C=O) groups excluding carboxylic acids is 2. The van der Waals surface area contributed by atoms with Crippen LogP contribution in [0.1, 0.15) is 40.1 Å². The lowest BCUT2D eigenvalue weighted by Gasteiger charge is -2.36. The highest BCUT2D eigenvalue weighted by molar-refractivity contribution is 9.10. The van der Waals surface area contributed by atoms with E-state index in [9.17, 15) is 19.2 Å². The van der Waals surface area contributed by atoms with Crippen molar-refractivity contribution in [3.8, 4) is 0 Å². The first-order valence-electron chi connectivity index (χ1n) is 15.3. The SMILES string of the molecule is CCc1c(N2CCN(C(=O)c3c[nH]n4cccc4c3=O)CC2)c(=O)n2nc(C3=CCOCC3)nc2n1CC(=O)Nc1sc(C)cc1Br. The average molecular weight is 723 g/mol. The van der Waals surface area contributed by atoms with Gasteiger partial charge in [-0.1, -0.05) is 13.0 Å². The highest BCUT2D eigenvalue weighted by Gasteiger charge is 2.30. The second kappa shape index (κ2) is 12.6. The Balaban J connectivity index is 1.23. The number of thiophene rings is 1. The molecular weight excluding hydrogens is 690 g/mol. The van der Waals surface area contributed by atoms with Gasteiger partial charge >= 0.3 is 0 Å². The van der Waals surface area contributed by atoms with E-state index in [2.05, 4.69) is 31.4 Å². The highest BCUT2D eigenvalue weighted by Crippen LogP contribution is 2.32. The van der Waals surface area contributed by atoms with Crippen LogP contribution in [0.3, 0.4) is 0 Å². The molecule has 0 bridgehead atoms. The summed E-state index contributed by atoms with van der Waals surface area (Å²) < 4.78 is 10.9. The van der Waals surface area contributed by atoms with E-state index in [0.717, 1.165) is 14.9 Å². The zero-order valence-corrected chi connectivity index (χ0v) is 28.2. The first kappa shape index (κ1) is 31.1. The van der Waals surface area contributed by atoms with Crippen LogP contribution in [0.15, 0.2) is 50.7 Å². The fraction of sp³-hybridized carbons (Fsp3) is 0.355. The number of nitrogens with one attached hydrogen (secondary N) is 2. The molecule has 0 saturated carbocycles. The summed E-state index contributed by atoms with van der Waals surface area (Å²) in [6.07, 6.45) is 6.11. The van der Waals surface area contributed by atoms with E-state index in [-0.39, 0.29) is 40.7 Å². The Hall–Kier alpha value is -4.54.